The molecule has 3 rings (SSSR count). The number of esters is 1. The molecule has 1 aromatic carbocycles. The van der Waals surface area contributed by atoms with E-state index in [4.69, 9.17) is 9.15 Å². The van der Waals surface area contributed by atoms with E-state index in [9.17, 15) is 14.4 Å². The Bertz CT molecular complexity index is 887. The third-order valence-electron chi connectivity index (χ3n) is 3.50. The smallest absolute Gasteiger partial charge is 0.326 e. The van der Waals surface area contributed by atoms with Crippen molar-refractivity contribution in [3.63, 3.8) is 0 Å². The zero-order chi connectivity index (χ0) is 18.7. The van der Waals surface area contributed by atoms with E-state index in [1.54, 1.807) is 19.1 Å². The molecule has 0 bridgehead atoms. The van der Waals surface area contributed by atoms with Gasteiger partial charge in [-0.05, 0) is 43.0 Å². The van der Waals surface area contributed by atoms with Gasteiger partial charge in [0, 0.05) is 16.1 Å². The zero-order valence-electron chi connectivity index (χ0n) is 13.7. The number of furan rings is 1. The molecule has 1 aromatic heterocycles. The van der Waals surface area contributed by atoms with Gasteiger partial charge in [-0.3, -0.25) is 19.3 Å². The summed E-state index contributed by atoms with van der Waals surface area (Å²) in [6.07, 6.45) is 1.50. The van der Waals surface area contributed by atoms with Gasteiger partial charge in [-0.15, -0.1) is 0 Å². The number of benzene rings is 1. The predicted molar refractivity (Wildman–Crippen MR) is 101 cm³/mol. The molecule has 0 spiro atoms. The number of thioether (sulfide) groups is 1. The Morgan fingerprint density at radius 3 is 2.65 bits per heavy atom. The largest absolute Gasteiger partial charge is 0.465 e. The SMILES string of the molecule is CCOC(=O)CN1C(=O)S/C(=C/c2ccc(-c3ccc(Br)cc3)o2)C1=O. The molecule has 0 N–H and O–H groups in total. The monoisotopic (exact) mass is 435 g/mol. The van der Waals surface area contributed by atoms with E-state index in [1.165, 1.54) is 6.08 Å². The second-order valence-corrected chi connectivity index (χ2v) is 7.19. The number of nitrogens with zero attached hydrogens (tertiary/aromatic N) is 1. The third kappa shape index (κ3) is 4.08. The molecule has 6 nitrogen and oxygen atoms in total. The number of amides is 2. The minimum Gasteiger partial charge on any atom is -0.465 e. The van der Waals surface area contributed by atoms with Crippen molar-refractivity contribution in [1.29, 1.82) is 0 Å². The van der Waals surface area contributed by atoms with Crippen LogP contribution in [0.2, 0.25) is 0 Å². The summed E-state index contributed by atoms with van der Waals surface area (Å²) < 4.78 is 11.5. The van der Waals surface area contributed by atoms with Crippen LogP contribution in [0.15, 0.2) is 50.2 Å². The molecule has 0 atom stereocenters. The van der Waals surface area contributed by atoms with Crippen LogP contribution in [0.25, 0.3) is 17.4 Å². The van der Waals surface area contributed by atoms with Gasteiger partial charge in [-0.2, -0.15) is 0 Å². The summed E-state index contributed by atoms with van der Waals surface area (Å²) in [4.78, 5) is 36.9. The van der Waals surface area contributed by atoms with Gasteiger partial charge < -0.3 is 9.15 Å². The average Bonchev–Trinajstić information content (AvgIpc) is 3.17. The van der Waals surface area contributed by atoms with Crippen LogP contribution in [0.3, 0.4) is 0 Å². The van der Waals surface area contributed by atoms with Gasteiger partial charge in [0.25, 0.3) is 11.1 Å². The minimum atomic E-state index is -0.619. The molecule has 1 aliphatic heterocycles. The standard InChI is InChI=1S/C18H14BrNO5S/c1-2-24-16(21)10-20-17(22)15(26-18(20)23)9-13-7-8-14(25-13)11-3-5-12(19)6-4-11/h3-9H,2,10H2,1H3/b15-9+. The lowest BCUT2D eigenvalue weighted by molar-refractivity contribution is -0.145. The molecule has 2 heterocycles. The summed E-state index contributed by atoms with van der Waals surface area (Å²) in [5.74, 6) is -0.0553. The summed E-state index contributed by atoms with van der Waals surface area (Å²) in [6, 6.07) is 11.1. The Balaban J connectivity index is 1.76. The molecule has 2 aromatic rings. The van der Waals surface area contributed by atoms with Crippen LogP contribution in [0.4, 0.5) is 4.79 Å². The van der Waals surface area contributed by atoms with Gasteiger partial charge in [0.2, 0.25) is 0 Å². The molecule has 0 radical (unpaired) electrons. The van der Waals surface area contributed by atoms with E-state index in [0.717, 1.165) is 26.7 Å². The first-order valence-electron chi connectivity index (χ1n) is 7.74. The number of carbonyl (C=O) groups excluding carboxylic acids is 3. The Kier molecular flexibility index (Phi) is 5.63. The molecule has 0 unspecified atom stereocenters. The summed E-state index contributed by atoms with van der Waals surface area (Å²) in [7, 11) is 0. The Morgan fingerprint density at radius 1 is 1.23 bits per heavy atom. The van der Waals surface area contributed by atoms with Crippen molar-refractivity contribution < 1.29 is 23.5 Å². The Labute approximate surface area is 162 Å². The summed E-state index contributed by atoms with van der Waals surface area (Å²) in [5, 5.41) is -0.506. The number of imide groups is 1. The predicted octanol–water partition coefficient (Wildman–Crippen LogP) is 4.31. The molecule has 0 aliphatic carbocycles. The molecule has 1 fully saturated rings. The second kappa shape index (κ2) is 7.92. The zero-order valence-corrected chi connectivity index (χ0v) is 16.1. The first kappa shape index (κ1) is 18.5. The number of halogens is 1. The quantitative estimate of drug-likeness (QED) is 0.514. The van der Waals surface area contributed by atoms with E-state index in [2.05, 4.69) is 15.9 Å². The van der Waals surface area contributed by atoms with Gasteiger partial charge in [0.15, 0.2) is 0 Å². The van der Waals surface area contributed by atoms with E-state index in [-0.39, 0.29) is 11.5 Å². The molecule has 1 saturated heterocycles. The fourth-order valence-electron chi connectivity index (χ4n) is 2.30. The summed E-state index contributed by atoms with van der Waals surface area (Å²) >= 11 is 4.14. The maximum absolute atomic E-state index is 12.3. The first-order valence-corrected chi connectivity index (χ1v) is 9.35. The molecular weight excluding hydrogens is 422 g/mol. The highest BCUT2D eigenvalue weighted by molar-refractivity contribution is 9.10. The number of ether oxygens (including phenoxy) is 1. The minimum absolute atomic E-state index is 0.191. The summed E-state index contributed by atoms with van der Waals surface area (Å²) in [6.45, 7) is 1.46. The van der Waals surface area contributed by atoms with Gasteiger partial charge in [-0.1, -0.05) is 28.1 Å². The lowest BCUT2D eigenvalue weighted by Crippen LogP contribution is -2.34. The molecule has 1 aliphatic rings. The topological polar surface area (TPSA) is 76.8 Å². The van der Waals surface area contributed by atoms with Crippen LogP contribution >= 0.6 is 27.7 Å². The Hall–Kier alpha value is -2.32. The van der Waals surface area contributed by atoms with Crippen LogP contribution in [-0.2, 0) is 14.3 Å². The molecular formula is C18H14BrNO5S. The number of hydrogen-bond donors (Lipinski definition) is 0. The Morgan fingerprint density at radius 2 is 1.96 bits per heavy atom. The van der Waals surface area contributed by atoms with Crippen LogP contribution in [-0.4, -0.2) is 35.2 Å². The maximum atomic E-state index is 12.3. The third-order valence-corrected chi connectivity index (χ3v) is 4.93. The molecule has 134 valence electrons. The number of carbonyl (C=O) groups is 3. The van der Waals surface area contributed by atoms with E-state index >= 15 is 0 Å². The van der Waals surface area contributed by atoms with E-state index in [1.807, 2.05) is 24.3 Å². The van der Waals surface area contributed by atoms with Crippen molar-refractivity contribution in [3.05, 3.63) is 51.5 Å². The molecule has 8 heteroatoms. The highest BCUT2D eigenvalue weighted by atomic mass is 79.9. The normalized spacial score (nSPS) is 15.8. The molecule has 26 heavy (non-hydrogen) atoms. The molecule has 2 amide bonds. The maximum Gasteiger partial charge on any atom is 0.326 e. The fraction of sp³-hybridized carbons (Fsp3) is 0.167. The van der Waals surface area contributed by atoms with Crippen molar-refractivity contribution in [2.75, 3.05) is 13.2 Å². The second-order valence-electron chi connectivity index (χ2n) is 5.28. The average molecular weight is 436 g/mol. The number of rotatable bonds is 5. The van der Waals surface area contributed by atoms with Crippen LogP contribution in [0, 0.1) is 0 Å². The first-order chi connectivity index (χ1) is 12.5. The van der Waals surface area contributed by atoms with Crippen LogP contribution < -0.4 is 0 Å². The van der Waals surface area contributed by atoms with Crippen molar-refractivity contribution in [2.24, 2.45) is 0 Å². The highest BCUT2D eigenvalue weighted by Crippen LogP contribution is 2.33. The van der Waals surface area contributed by atoms with E-state index in [0.29, 0.717) is 11.5 Å². The van der Waals surface area contributed by atoms with Gasteiger partial charge in [0.05, 0.1) is 11.5 Å². The van der Waals surface area contributed by atoms with Gasteiger partial charge >= 0.3 is 5.97 Å². The lowest BCUT2D eigenvalue weighted by Gasteiger charge is -2.10. The fourth-order valence-corrected chi connectivity index (χ4v) is 3.38. The lowest BCUT2D eigenvalue weighted by atomic mass is 10.2. The van der Waals surface area contributed by atoms with Gasteiger partial charge in [0.1, 0.15) is 18.1 Å². The number of hydrogen-bond acceptors (Lipinski definition) is 6. The van der Waals surface area contributed by atoms with Crippen LogP contribution in [0.5, 0.6) is 0 Å². The highest BCUT2D eigenvalue weighted by Gasteiger charge is 2.36. The molecule has 0 saturated carbocycles. The van der Waals surface area contributed by atoms with Gasteiger partial charge in [-0.25, -0.2) is 0 Å². The van der Waals surface area contributed by atoms with Crippen LogP contribution in [0.1, 0.15) is 12.7 Å². The van der Waals surface area contributed by atoms with Crippen molar-refractivity contribution in [3.8, 4) is 11.3 Å². The van der Waals surface area contributed by atoms with Crippen molar-refractivity contribution >= 4 is 50.9 Å². The van der Waals surface area contributed by atoms with Crippen molar-refractivity contribution in [2.45, 2.75) is 6.92 Å². The van der Waals surface area contributed by atoms with Crippen molar-refractivity contribution in [1.82, 2.24) is 4.90 Å². The summed E-state index contributed by atoms with van der Waals surface area (Å²) in [5.41, 5.74) is 0.892. The van der Waals surface area contributed by atoms with E-state index < -0.39 is 23.7 Å².